The van der Waals surface area contributed by atoms with E-state index in [1.165, 1.54) is 24.3 Å². The van der Waals surface area contributed by atoms with Crippen LogP contribution in [0.1, 0.15) is 83.5 Å². The van der Waals surface area contributed by atoms with E-state index >= 15 is 26.3 Å². The van der Waals surface area contributed by atoms with Gasteiger partial charge in [0.05, 0.1) is 100 Å². The summed E-state index contributed by atoms with van der Waals surface area (Å²) in [6.45, 7) is 13.2. The van der Waals surface area contributed by atoms with Gasteiger partial charge in [0, 0.05) is 54.2 Å². The highest BCUT2D eigenvalue weighted by atomic mass is 19.4. The fourth-order valence-electron chi connectivity index (χ4n) is 15.4. The van der Waals surface area contributed by atoms with E-state index in [0.29, 0.717) is 84.2 Å². The maximum Gasteiger partial charge on any atom is 0.417 e. The van der Waals surface area contributed by atoms with Gasteiger partial charge in [-0.2, -0.15) is 63.2 Å². The Bertz CT molecular complexity index is 6390. The standard InChI is InChI=1S/C86H56F12N6/c1-44-11-22-71-62(26-44)63-27-45(2)12-23-72(63)101(71)75-40-67(57-20-15-55(83(87,88)89)38-69(57)85(93,94)95)81(36-53(75)42-99)102-73-24-13-46(3)28-64(73)65-34-51(14-25-74(65)102)33-52-35-66-61-19-10-49(6)31-79(61)103(80(66)32-50(52)7)76-41-68(58-21-16-56(84(90,91)92)39-70(58)86(96,97)98)82(37-54(76)43-100)104-77-29-47(4)8-17-59(77)60-18-9-48(5)30-78(60)104/h8-32,34-41H,33H2,1-7H3. The number of aromatic nitrogens is 4. The highest BCUT2D eigenvalue weighted by Crippen LogP contribution is 2.50. The van der Waals surface area contributed by atoms with Crippen LogP contribution >= 0.6 is 0 Å². The minimum Gasteiger partial charge on any atom is -0.309 e. The van der Waals surface area contributed by atoms with Gasteiger partial charge >= 0.3 is 24.7 Å². The second kappa shape index (κ2) is 23.5. The van der Waals surface area contributed by atoms with E-state index in [9.17, 15) is 36.9 Å². The van der Waals surface area contributed by atoms with Gasteiger partial charge in [0.2, 0.25) is 0 Å². The summed E-state index contributed by atoms with van der Waals surface area (Å²) in [5.74, 6) is 0. The average Bonchev–Trinajstić information content (AvgIpc) is 1.54. The molecule has 0 bridgehead atoms. The summed E-state index contributed by atoms with van der Waals surface area (Å²) in [5, 5.41) is 28.6. The van der Waals surface area contributed by atoms with Gasteiger partial charge in [-0.25, -0.2) is 0 Å². The molecule has 12 aromatic carbocycles. The molecule has 6 nitrogen and oxygen atoms in total. The second-order valence-electron chi connectivity index (χ2n) is 27.3. The lowest BCUT2D eigenvalue weighted by atomic mass is 9.93. The Hall–Kier alpha value is -12.0. The average molecular weight is 1400 g/mol. The number of benzene rings is 12. The van der Waals surface area contributed by atoms with Gasteiger partial charge in [0.25, 0.3) is 0 Å². The van der Waals surface area contributed by atoms with Crippen LogP contribution in [0, 0.1) is 71.1 Å². The van der Waals surface area contributed by atoms with Crippen molar-refractivity contribution in [3.05, 3.63) is 284 Å². The van der Waals surface area contributed by atoms with Crippen molar-refractivity contribution < 1.29 is 52.7 Å². The number of nitriles is 2. The Kier molecular flexibility index (Phi) is 15.0. The van der Waals surface area contributed by atoms with Crippen LogP contribution < -0.4 is 0 Å². The summed E-state index contributed by atoms with van der Waals surface area (Å²) in [6, 6.07) is 57.6. The fourth-order valence-corrected chi connectivity index (χ4v) is 15.4. The largest absolute Gasteiger partial charge is 0.417 e. The summed E-state index contributed by atoms with van der Waals surface area (Å²) in [5.41, 5.74) is 5.46. The Balaban J connectivity index is 0.894. The molecular formula is C86H56F12N6. The summed E-state index contributed by atoms with van der Waals surface area (Å²) < 4.78 is 188. The fraction of sp³-hybridized carbons (Fsp3) is 0.140. The predicted molar refractivity (Wildman–Crippen MR) is 387 cm³/mol. The van der Waals surface area contributed by atoms with Crippen molar-refractivity contribution in [3.8, 4) is 57.1 Å². The normalized spacial score (nSPS) is 12.6. The molecule has 18 heteroatoms. The quantitative estimate of drug-likeness (QED) is 0.142. The number of hydrogen-bond donors (Lipinski definition) is 0. The smallest absolute Gasteiger partial charge is 0.309 e. The lowest BCUT2D eigenvalue weighted by molar-refractivity contribution is -0.144. The van der Waals surface area contributed by atoms with Gasteiger partial charge in [-0.1, -0.05) is 89.5 Å². The van der Waals surface area contributed by atoms with Crippen LogP contribution in [0.4, 0.5) is 52.7 Å². The Morgan fingerprint density at radius 2 is 0.606 bits per heavy atom. The van der Waals surface area contributed by atoms with Crippen molar-refractivity contribution in [1.82, 2.24) is 18.3 Å². The molecule has 0 saturated heterocycles. The van der Waals surface area contributed by atoms with E-state index < -0.39 is 58.1 Å². The first-order chi connectivity index (χ1) is 49.3. The topological polar surface area (TPSA) is 67.3 Å². The third kappa shape index (κ3) is 10.8. The van der Waals surface area contributed by atoms with Crippen LogP contribution in [0.15, 0.2) is 200 Å². The molecule has 104 heavy (non-hydrogen) atoms. The molecule has 0 spiro atoms. The summed E-state index contributed by atoms with van der Waals surface area (Å²) >= 11 is 0. The van der Waals surface area contributed by atoms with Gasteiger partial charge < -0.3 is 18.3 Å². The monoisotopic (exact) mass is 1400 g/mol. The molecule has 0 aliphatic heterocycles. The van der Waals surface area contributed by atoms with Crippen molar-refractivity contribution in [3.63, 3.8) is 0 Å². The Morgan fingerprint density at radius 1 is 0.279 bits per heavy atom. The van der Waals surface area contributed by atoms with Crippen molar-refractivity contribution in [2.45, 2.75) is 79.6 Å². The van der Waals surface area contributed by atoms with Crippen LogP contribution in [0.3, 0.4) is 0 Å². The van der Waals surface area contributed by atoms with Crippen LogP contribution in [-0.4, -0.2) is 18.3 Å². The summed E-state index contributed by atoms with van der Waals surface area (Å²) in [4.78, 5) is 0. The van der Waals surface area contributed by atoms with Crippen LogP contribution in [0.5, 0.6) is 0 Å². The van der Waals surface area contributed by atoms with Gasteiger partial charge in [0.15, 0.2) is 0 Å². The number of halogens is 12. The number of fused-ring (bicyclic) bond motifs is 12. The lowest BCUT2D eigenvalue weighted by Crippen LogP contribution is -2.13. The minimum absolute atomic E-state index is 0.0459. The molecular weight excluding hydrogens is 1340 g/mol. The zero-order chi connectivity index (χ0) is 73.3. The maximum atomic E-state index is 15.7. The first kappa shape index (κ1) is 66.5. The van der Waals surface area contributed by atoms with Gasteiger partial charge in [0.1, 0.15) is 12.1 Å². The van der Waals surface area contributed by atoms with E-state index in [1.807, 2.05) is 193 Å². The molecule has 16 aromatic rings. The Morgan fingerprint density at radius 3 is 1.00 bits per heavy atom. The van der Waals surface area contributed by atoms with Crippen molar-refractivity contribution in [2.75, 3.05) is 0 Å². The zero-order valence-corrected chi connectivity index (χ0v) is 56.5. The molecule has 0 aliphatic carbocycles. The highest BCUT2D eigenvalue weighted by Gasteiger charge is 2.42. The highest BCUT2D eigenvalue weighted by molar-refractivity contribution is 6.14. The SMILES string of the molecule is Cc1ccc2c(c1)c1cc(C)ccc1n2-c1cc(-c2ccc(C(F)(F)F)cc2C(F)(F)F)c(-n2c3ccc(C)cc3c3cc(Cc4cc5c6ccc(C)cc6n(-c6cc(-c7ccc(C(F)(F)F)cc7C(F)(F)F)c(-n7c8cc(C)ccc8c8ccc(C)cc87)cc6C#N)c5cc4C)ccc32)cc1C#N. The van der Waals surface area contributed by atoms with Crippen molar-refractivity contribution in [1.29, 1.82) is 10.5 Å². The maximum absolute atomic E-state index is 15.7. The summed E-state index contributed by atoms with van der Waals surface area (Å²) in [6.07, 6.45) is -20.5. The van der Waals surface area contributed by atoms with E-state index in [-0.39, 0.29) is 57.1 Å². The molecule has 0 amide bonds. The van der Waals surface area contributed by atoms with Gasteiger partial charge in [-0.3, -0.25) is 0 Å². The third-order valence-electron chi connectivity index (χ3n) is 20.2. The zero-order valence-electron chi connectivity index (χ0n) is 56.5. The number of hydrogen-bond acceptors (Lipinski definition) is 2. The number of nitrogens with zero attached hydrogens (tertiary/aromatic N) is 6. The molecule has 514 valence electrons. The molecule has 4 aromatic heterocycles. The van der Waals surface area contributed by atoms with E-state index in [4.69, 9.17) is 0 Å². The van der Waals surface area contributed by atoms with Gasteiger partial charge in [-0.15, -0.1) is 0 Å². The molecule has 16 rings (SSSR count). The number of alkyl halides is 12. The van der Waals surface area contributed by atoms with Gasteiger partial charge in [-0.05, 0) is 227 Å². The molecule has 0 unspecified atom stereocenters. The van der Waals surface area contributed by atoms with Crippen LogP contribution in [0.2, 0.25) is 0 Å². The molecule has 0 saturated carbocycles. The summed E-state index contributed by atoms with van der Waals surface area (Å²) in [7, 11) is 0. The molecule has 0 fully saturated rings. The van der Waals surface area contributed by atoms with E-state index in [1.54, 1.807) is 13.7 Å². The minimum atomic E-state index is -5.29. The molecule has 0 N–H and O–H groups in total. The molecule has 0 radical (unpaired) electrons. The molecule has 0 aliphatic rings. The first-order valence-electron chi connectivity index (χ1n) is 33.2. The first-order valence-corrected chi connectivity index (χ1v) is 33.2. The number of rotatable bonds is 8. The van der Waals surface area contributed by atoms with E-state index in [2.05, 4.69) is 12.1 Å². The van der Waals surface area contributed by atoms with E-state index in [0.717, 1.165) is 83.7 Å². The Labute approximate surface area is 586 Å². The molecule has 0 atom stereocenters. The predicted octanol–water partition coefficient (Wildman–Crippen LogP) is 25.0. The third-order valence-corrected chi connectivity index (χ3v) is 20.2. The second-order valence-corrected chi connectivity index (χ2v) is 27.3. The number of aryl methyl sites for hydroxylation is 7. The van der Waals surface area contributed by atoms with Crippen molar-refractivity contribution in [2.24, 2.45) is 0 Å². The van der Waals surface area contributed by atoms with Crippen LogP contribution in [-0.2, 0) is 31.1 Å². The van der Waals surface area contributed by atoms with Crippen molar-refractivity contribution >= 4 is 87.2 Å². The van der Waals surface area contributed by atoms with Crippen LogP contribution in [0.25, 0.3) is 132 Å². The lowest BCUT2D eigenvalue weighted by Gasteiger charge is -2.22. The molecule has 4 heterocycles.